The van der Waals surface area contributed by atoms with Crippen molar-refractivity contribution in [3.8, 4) is 17.6 Å². The topological polar surface area (TPSA) is 72.2 Å². The molecular formula is C22H18ClF3N2O3. The fourth-order valence-electron chi connectivity index (χ4n) is 3.27. The van der Waals surface area contributed by atoms with E-state index >= 15 is 0 Å². The maximum absolute atomic E-state index is 12.7. The van der Waals surface area contributed by atoms with Crippen molar-refractivity contribution in [1.82, 2.24) is 4.98 Å². The molecule has 0 saturated heterocycles. The minimum atomic E-state index is -4.68. The summed E-state index contributed by atoms with van der Waals surface area (Å²) in [6, 6.07) is 13.9. The van der Waals surface area contributed by atoms with Gasteiger partial charge in [0.1, 0.15) is 22.6 Å². The molecule has 162 valence electrons. The highest BCUT2D eigenvalue weighted by Gasteiger charge is 2.62. The summed E-state index contributed by atoms with van der Waals surface area (Å²) in [6.07, 6.45) is -3.78. The molecule has 1 saturated carbocycles. The molecule has 1 aromatic heterocycles. The van der Waals surface area contributed by atoms with Crippen molar-refractivity contribution in [2.24, 2.45) is 17.3 Å². The SMILES string of the molecule is CC1(C)[C@H](C(=O)O[C@H](C#N)c2ccc(Oc3ccccc3)cn2)[C@@H]1/C=C(\Cl)C(F)(F)F. The van der Waals surface area contributed by atoms with Gasteiger partial charge in [0.25, 0.3) is 0 Å². The smallest absolute Gasteiger partial charge is 0.426 e. The number of aromatic nitrogens is 1. The second kappa shape index (κ2) is 8.60. The third-order valence-electron chi connectivity index (χ3n) is 5.12. The monoisotopic (exact) mass is 450 g/mol. The van der Waals surface area contributed by atoms with Crippen molar-refractivity contribution in [2.45, 2.75) is 26.1 Å². The molecule has 0 radical (unpaired) electrons. The van der Waals surface area contributed by atoms with Gasteiger partial charge >= 0.3 is 12.1 Å². The molecule has 0 amide bonds. The molecule has 2 aromatic rings. The summed E-state index contributed by atoms with van der Waals surface area (Å²) in [5, 5.41) is 8.12. The molecule has 9 heteroatoms. The number of hydrogen-bond donors (Lipinski definition) is 0. The Labute approximate surface area is 182 Å². The molecule has 0 aliphatic heterocycles. The summed E-state index contributed by atoms with van der Waals surface area (Å²) in [6.45, 7) is 3.27. The van der Waals surface area contributed by atoms with E-state index < -0.39 is 40.5 Å². The van der Waals surface area contributed by atoms with Crippen molar-refractivity contribution in [3.63, 3.8) is 0 Å². The maximum Gasteiger partial charge on any atom is 0.426 e. The van der Waals surface area contributed by atoms with Gasteiger partial charge in [-0.2, -0.15) is 18.4 Å². The summed E-state index contributed by atoms with van der Waals surface area (Å²) >= 11 is 5.30. The molecule has 0 unspecified atom stereocenters. The lowest BCUT2D eigenvalue weighted by atomic mass is 10.1. The van der Waals surface area contributed by atoms with Crippen LogP contribution in [0.5, 0.6) is 11.5 Å². The zero-order valence-corrected chi connectivity index (χ0v) is 17.3. The fourth-order valence-corrected chi connectivity index (χ4v) is 3.40. The first-order chi connectivity index (χ1) is 14.5. The molecule has 31 heavy (non-hydrogen) atoms. The second-order valence-electron chi connectivity index (χ2n) is 7.62. The Kier molecular flexibility index (Phi) is 6.27. The lowest BCUT2D eigenvalue weighted by Crippen LogP contribution is -2.15. The normalized spacial score (nSPS) is 21.0. The van der Waals surface area contributed by atoms with Gasteiger partial charge in [0.05, 0.1) is 17.8 Å². The van der Waals surface area contributed by atoms with Crippen LogP contribution in [0.2, 0.25) is 0 Å². The van der Waals surface area contributed by atoms with E-state index in [4.69, 9.17) is 21.1 Å². The number of pyridine rings is 1. The average Bonchev–Trinajstić information content (AvgIpc) is 3.26. The minimum Gasteiger partial charge on any atom is -0.456 e. The highest BCUT2D eigenvalue weighted by atomic mass is 35.5. The van der Waals surface area contributed by atoms with Crippen LogP contribution in [-0.4, -0.2) is 17.1 Å². The fraction of sp³-hybridized carbons (Fsp3) is 0.318. The van der Waals surface area contributed by atoms with Crippen LogP contribution in [0.1, 0.15) is 25.6 Å². The molecule has 1 heterocycles. The quantitative estimate of drug-likeness (QED) is 0.509. The molecule has 1 aliphatic carbocycles. The van der Waals surface area contributed by atoms with Gasteiger partial charge in [-0.15, -0.1) is 0 Å². The number of benzene rings is 1. The summed E-state index contributed by atoms with van der Waals surface area (Å²) in [5.74, 6) is -1.35. The molecule has 3 atom stereocenters. The highest BCUT2D eigenvalue weighted by Crippen LogP contribution is 2.60. The van der Waals surface area contributed by atoms with Crippen LogP contribution >= 0.6 is 11.6 Å². The number of esters is 1. The van der Waals surface area contributed by atoms with E-state index in [1.54, 1.807) is 32.0 Å². The summed E-state index contributed by atoms with van der Waals surface area (Å²) < 4.78 is 48.9. The standard InChI is InChI=1S/C22H18ClF3N2O3/c1-21(2)15(10-18(23)22(24,25)26)19(21)20(29)31-17(11-27)16-9-8-14(12-28-16)30-13-6-4-3-5-7-13/h3-10,12,15,17,19H,1-2H3/b18-10-/t15-,17+,19-/m0/s1. The number of ether oxygens (including phenoxy) is 2. The van der Waals surface area contributed by atoms with Crippen LogP contribution in [0.15, 0.2) is 59.8 Å². The molecular weight excluding hydrogens is 433 g/mol. The number of nitriles is 1. The van der Waals surface area contributed by atoms with Crippen LogP contribution in [0.25, 0.3) is 0 Å². The number of carbonyl (C=O) groups is 1. The Hall–Kier alpha value is -3.05. The van der Waals surface area contributed by atoms with Gasteiger partial charge < -0.3 is 9.47 Å². The van der Waals surface area contributed by atoms with Crippen molar-refractivity contribution in [2.75, 3.05) is 0 Å². The number of rotatable bonds is 6. The maximum atomic E-state index is 12.7. The van der Waals surface area contributed by atoms with Crippen LogP contribution < -0.4 is 4.74 Å². The number of alkyl halides is 3. The first kappa shape index (κ1) is 22.6. The molecule has 1 aliphatic rings. The van der Waals surface area contributed by atoms with Crippen molar-refractivity contribution in [3.05, 3.63) is 65.5 Å². The zero-order chi connectivity index (χ0) is 22.8. The lowest BCUT2D eigenvalue weighted by molar-refractivity contribution is -0.149. The molecule has 0 N–H and O–H groups in total. The first-order valence-electron chi connectivity index (χ1n) is 9.27. The van der Waals surface area contributed by atoms with E-state index in [-0.39, 0.29) is 5.69 Å². The number of para-hydroxylation sites is 1. The van der Waals surface area contributed by atoms with E-state index in [2.05, 4.69) is 4.98 Å². The largest absolute Gasteiger partial charge is 0.456 e. The third kappa shape index (κ3) is 5.17. The average molecular weight is 451 g/mol. The van der Waals surface area contributed by atoms with Gasteiger partial charge in [0.2, 0.25) is 6.10 Å². The zero-order valence-electron chi connectivity index (χ0n) is 16.6. The van der Waals surface area contributed by atoms with E-state index in [9.17, 15) is 23.2 Å². The van der Waals surface area contributed by atoms with E-state index in [0.29, 0.717) is 11.5 Å². The van der Waals surface area contributed by atoms with Gasteiger partial charge in [-0.3, -0.25) is 9.78 Å². The van der Waals surface area contributed by atoms with Crippen molar-refractivity contribution in [1.29, 1.82) is 5.26 Å². The Morgan fingerprint density at radius 3 is 2.45 bits per heavy atom. The van der Waals surface area contributed by atoms with Crippen molar-refractivity contribution < 1.29 is 27.4 Å². The van der Waals surface area contributed by atoms with Crippen molar-refractivity contribution >= 4 is 17.6 Å². The van der Waals surface area contributed by atoms with E-state index in [1.807, 2.05) is 24.3 Å². The van der Waals surface area contributed by atoms with E-state index in [1.165, 1.54) is 12.3 Å². The molecule has 3 rings (SSSR count). The van der Waals surface area contributed by atoms with Gasteiger partial charge in [-0.05, 0) is 35.6 Å². The molecule has 5 nitrogen and oxygen atoms in total. The Bertz CT molecular complexity index is 1020. The summed E-state index contributed by atoms with van der Waals surface area (Å²) in [7, 11) is 0. The van der Waals surface area contributed by atoms with Crippen LogP contribution in [-0.2, 0) is 9.53 Å². The predicted molar refractivity (Wildman–Crippen MR) is 106 cm³/mol. The molecule has 0 bridgehead atoms. The van der Waals surface area contributed by atoms with Crippen LogP contribution in [0.4, 0.5) is 13.2 Å². The lowest BCUT2D eigenvalue weighted by Gasteiger charge is -2.12. The van der Waals surface area contributed by atoms with Crippen LogP contribution in [0, 0.1) is 28.6 Å². The number of halogens is 4. The Morgan fingerprint density at radius 2 is 1.90 bits per heavy atom. The molecule has 0 spiro atoms. The van der Waals surface area contributed by atoms with Gasteiger partial charge in [0.15, 0.2) is 0 Å². The number of carbonyl (C=O) groups excluding carboxylic acids is 1. The number of nitrogens with zero attached hydrogens (tertiary/aromatic N) is 2. The van der Waals surface area contributed by atoms with Gasteiger partial charge in [-0.1, -0.05) is 49.7 Å². The summed E-state index contributed by atoms with van der Waals surface area (Å²) in [4.78, 5) is 16.6. The highest BCUT2D eigenvalue weighted by molar-refractivity contribution is 6.30. The third-order valence-corrected chi connectivity index (χ3v) is 5.46. The Morgan fingerprint density at radius 1 is 1.23 bits per heavy atom. The van der Waals surface area contributed by atoms with Gasteiger partial charge in [-0.25, -0.2) is 0 Å². The summed E-state index contributed by atoms with van der Waals surface area (Å²) in [5.41, 5.74) is -0.598. The van der Waals surface area contributed by atoms with Gasteiger partial charge in [0, 0.05) is 0 Å². The number of allylic oxidation sites excluding steroid dienone is 2. The number of hydrogen-bond acceptors (Lipinski definition) is 5. The molecule has 1 fully saturated rings. The molecule has 1 aromatic carbocycles. The predicted octanol–water partition coefficient (Wildman–Crippen LogP) is 5.94. The second-order valence-corrected chi connectivity index (χ2v) is 8.02. The Balaban J connectivity index is 1.67. The van der Waals surface area contributed by atoms with Crippen LogP contribution in [0.3, 0.4) is 0 Å². The minimum absolute atomic E-state index is 0.176. The first-order valence-corrected chi connectivity index (χ1v) is 9.65. The van der Waals surface area contributed by atoms with E-state index in [0.717, 1.165) is 6.08 Å².